The van der Waals surface area contributed by atoms with E-state index >= 15 is 0 Å². The van der Waals surface area contributed by atoms with E-state index in [1.165, 1.54) is 11.8 Å². The van der Waals surface area contributed by atoms with Gasteiger partial charge in [0.1, 0.15) is 16.5 Å². The van der Waals surface area contributed by atoms with Gasteiger partial charge in [-0.2, -0.15) is 11.8 Å². The topological polar surface area (TPSA) is 46.2 Å². The SMILES string of the molecule is CSCCNS(=O)(=O)c1c(F)cc(F)cc1Br. The lowest BCUT2D eigenvalue weighted by Gasteiger charge is -2.09. The summed E-state index contributed by atoms with van der Waals surface area (Å²) in [5.74, 6) is -1.38. The van der Waals surface area contributed by atoms with E-state index in [0.717, 1.165) is 6.07 Å². The number of sulfonamides is 1. The van der Waals surface area contributed by atoms with E-state index in [9.17, 15) is 17.2 Å². The summed E-state index contributed by atoms with van der Waals surface area (Å²) in [5, 5.41) is 0. The second-order valence-corrected chi connectivity index (χ2v) is 6.63. The van der Waals surface area contributed by atoms with Crippen LogP contribution < -0.4 is 4.72 Å². The first kappa shape index (κ1) is 14.9. The van der Waals surface area contributed by atoms with Crippen LogP contribution in [0.25, 0.3) is 0 Å². The number of halogens is 3. The summed E-state index contributed by atoms with van der Waals surface area (Å²) in [5.41, 5.74) is 0. The lowest BCUT2D eigenvalue weighted by molar-refractivity contribution is 0.542. The Hall–Kier alpha value is -0.180. The molecule has 0 saturated carbocycles. The van der Waals surface area contributed by atoms with Crippen LogP contribution in [0, 0.1) is 11.6 Å². The fraction of sp³-hybridized carbons (Fsp3) is 0.333. The second-order valence-electron chi connectivity index (χ2n) is 3.09. The Labute approximate surface area is 111 Å². The van der Waals surface area contributed by atoms with Crippen molar-refractivity contribution >= 4 is 37.7 Å². The molecule has 1 aromatic carbocycles. The molecule has 0 radical (unpaired) electrons. The van der Waals surface area contributed by atoms with Crippen LogP contribution in [0.4, 0.5) is 8.78 Å². The fourth-order valence-corrected chi connectivity index (χ4v) is 3.77. The van der Waals surface area contributed by atoms with Crippen LogP contribution in [-0.4, -0.2) is 27.0 Å². The van der Waals surface area contributed by atoms with Gasteiger partial charge in [-0.25, -0.2) is 21.9 Å². The monoisotopic (exact) mass is 345 g/mol. The van der Waals surface area contributed by atoms with Crippen molar-refractivity contribution in [2.45, 2.75) is 4.90 Å². The van der Waals surface area contributed by atoms with Crippen molar-refractivity contribution in [2.24, 2.45) is 0 Å². The van der Waals surface area contributed by atoms with Crippen molar-refractivity contribution in [1.82, 2.24) is 4.72 Å². The van der Waals surface area contributed by atoms with Gasteiger partial charge in [-0.15, -0.1) is 0 Å². The van der Waals surface area contributed by atoms with Gasteiger partial charge in [0.05, 0.1) is 0 Å². The minimum atomic E-state index is -3.96. The molecule has 1 aromatic rings. The zero-order valence-electron chi connectivity index (χ0n) is 8.84. The Kier molecular flexibility index (Phi) is 5.36. The maximum Gasteiger partial charge on any atom is 0.244 e. The third kappa shape index (κ3) is 3.90. The first-order valence-electron chi connectivity index (χ1n) is 4.51. The Morgan fingerprint density at radius 2 is 2.06 bits per heavy atom. The molecule has 0 amide bonds. The minimum absolute atomic E-state index is 0.133. The van der Waals surface area contributed by atoms with Crippen LogP contribution in [0.1, 0.15) is 0 Å². The second kappa shape index (κ2) is 6.12. The molecular weight excluding hydrogens is 336 g/mol. The lowest BCUT2D eigenvalue weighted by Crippen LogP contribution is -2.27. The molecule has 0 aromatic heterocycles. The number of nitrogens with one attached hydrogen (secondary N) is 1. The molecular formula is C9H10BrF2NO2S2. The Morgan fingerprint density at radius 1 is 1.41 bits per heavy atom. The molecule has 17 heavy (non-hydrogen) atoms. The minimum Gasteiger partial charge on any atom is -0.210 e. The smallest absolute Gasteiger partial charge is 0.210 e. The van der Waals surface area contributed by atoms with Crippen LogP contribution >= 0.6 is 27.7 Å². The summed E-state index contributed by atoms with van der Waals surface area (Å²) in [7, 11) is -3.96. The van der Waals surface area contributed by atoms with Crippen molar-refractivity contribution < 1.29 is 17.2 Å². The zero-order chi connectivity index (χ0) is 13.1. The molecule has 0 heterocycles. The standard InChI is InChI=1S/C9H10BrF2NO2S2/c1-16-3-2-13-17(14,15)9-7(10)4-6(11)5-8(9)12/h4-5,13H,2-3H2,1H3. The number of rotatable bonds is 5. The summed E-state index contributed by atoms with van der Waals surface area (Å²) >= 11 is 4.29. The van der Waals surface area contributed by atoms with Crippen LogP contribution in [0.2, 0.25) is 0 Å². The molecule has 0 unspecified atom stereocenters. The van der Waals surface area contributed by atoms with E-state index in [2.05, 4.69) is 20.7 Å². The molecule has 0 atom stereocenters. The highest BCUT2D eigenvalue weighted by Crippen LogP contribution is 2.25. The maximum atomic E-state index is 13.4. The van der Waals surface area contributed by atoms with Crippen LogP contribution in [0.3, 0.4) is 0 Å². The number of benzene rings is 1. The molecule has 8 heteroatoms. The molecule has 0 aliphatic heterocycles. The predicted octanol–water partition coefficient (Wildman–Crippen LogP) is 2.37. The Bertz CT molecular complexity index is 485. The molecule has 0 fully saturated rings. The van der Waals surface area contributed by atoms with Crippen molar-refractivity contribution in [2.75, 3.05) is 18.6 Å². The molecule has 96 valence electrons. The van der Waals surface area contributed by atoms with Crippen LogP contribution in [0.5, 0.6) is 0 Å². The van der Waals surface area contributed by atoms with Gasteiger partial charge in [0.2, 0.25) is 10.0 Å². The summed E-state index contributed by atoms with van der Waals surface area (Å²) in [6, 6.07) is 1.44. The van der Waals surface area contributed by atoms with E-state index in [4.69, 9.17) is 0 Å². The van der Waals surface area contributed by atoms with Gasteiger partial charge < -0.3 is 0 Å². The maximum absolute atomic E-state index is 13.4. The number of hydrogen-bond acceptors (Lipinski definition) is 3. The van der Waals surface area contributed by atoms with Gasteiger partial charge in [-0.05, 0) is 28.3 Å². The Morgan fingerprint density at radius 3 is 2.59 bits per heavy atom. The van der Waals surface area contributed by atoms with Crippen LogP contribution in [0.15, 0.2) is 21.5 Å². The third-order valence-electron chi connectivity index (χ3n) is 1.83. The predicted molar refractivity (Wildman–Crippen MR) is 67.6 cm³/mol. The van der Waals surface area contributed by atoms with Crippen molar-refractivity contribution in [3.63, 3.8) is 0 Å². The van der Waals surface area contributed by atoms with Crippen LogP contribution in [-0.2, 0) is 10.0 Å². The zero-order valence-corrected chi connectivity index (χ0v) is 12.1. The van der Waals surface area contributed by atoms with E-state index in [1.54, 1.807) is 0 Å². The lowest BCUT2D eigenvalue weighted by atomic mass is 10.3. The van der Waals surface area contributed by atoms with Gasteiger partial charge in [0.25, 0.3) is 0 Å². The largest absolute Gasteiger partial charge is 0.244 e. The normalized spacial score (nSPS) is 11.8. The number of thioether (sulfide) groups is 1. The molecule has 1 N–H and O–H groups in total. The third-order valence-corrected chi connectivity index (χ3v) is 4.87. The van der Waals surface area contributed by atoms with Gasteiger partial charge in [-0.1, -0.05) is 0 Å². The highest BCUT2D eigenvalue weighted by atomic mass is 79.9. The van der Waals surface area contributed by atoms with E-state index in [0.29, 0.717) is 11.8 Å². The summed E-state index contributed by atoms with van der Waals surface area (Å²) < 4.78 is 51.8. The molecule has 3 nitrogen and oxygen atoms in total. The molecule has 0 spiro atoms. The van der Waals surface area contributed by atoms with E-state index in [1.807, 2.05) is 6.26 Å². The van der Waals surface area contributed by atoms with Gasteiger partial charge in [0, 0.05) is 22.8 Å². The molecule has 1 rings (SSSR count). The average Bonchev–Trinajstić information content (AvgIpc) is 2.15. The highest BCUT2D eigenvalue weighted by molar-refractivity contribution is 9.10. The Balaban J connectivity index is 3.07. The summed E-state index contributed by atoms with van der Waals surface area (Å²) in [6.07, 6.45) is 1.82. The van der Waals surface area contributed by atoms with E-state index in [-0.39, 0.29) is 11.0 Å². The molecule has 0 aliphatic carbocycles. The quantitative estimate of drug-likeness (QED) is 0.833. The van der Waals surface area contributed by atoms with E-state index < -0.39 is 26.6 Å². The highest BCUT2D eigenvalue weighted by Gasteiger charge is 2.22. The summed E-state index contributed by atoms with van der Waals surface area (Å²) in [4.78, 5) is -0.569. The van der Waals surface area contributed by atoms with Gasteiger partial charge in [-0.3, -0.25) is 0 Å². The first-order valence-corrected chi connectivity index (χ1v) is 8.18. The first-order chi connectivity index (χ1) is 7.88. The average molecular weight is 346 g/mol. The molecule has 0 bridgehead atoms. The van der Waals surface area contributed by atoms with Crippen molar-refractivity contribution in [3.8, 4) is 0 Å². The number of hydrogen-bond donors (Lipinski definition) is 1. The van der Waals surface area contributed by atoms with Gasteiger partial charge >= 0.3 is 0 Å². The van der Waals surface area contributed by atoms with Crippen molar-refractivity contribution in [3.05, 3.63) is 28.2 Å². The summed E-state index contributed by atoms with van der Waals surface area (Å²) in [6.45, 7) is 0.187. The van der Waals surface area contributed by atoms with Gasteiger partial charge in [0.15, 0.2) is 0 Å². The fourth-order valence-electron chi connectivity index (χ4n) is 1.14. The van der Waals surface area contributed by atoms with Crippen molar-refractivity contribution in [1.29, 1.82) is 0 Å². The molecule has 0 saturated heterocycles. The molecule has 0 aliphatic rings.